The first kappa shape index (κ1) is 13.8. The lowest BCUT2D eigenvalue weighted by Gasteiger charge is -2.36. The number of hydrogen-bond donors (Lipinski definition) is 1. The predicted molar refractivity (Wildman–Crippen MR) is 65.2 cm³/mol. The summed E-state index contributed by atoms with van der Waals surface area (Å²) < 4.78 is 47.5. The standard InChI is InChI=1S/C12H13BrF3NO/c1-11(9-6-8(13)2-3-10(9)14)12(15,16)7-18-5-4-17-11/h2-3,6,17H,4-5,7H2,1H3. The number of hydrogen-bond acceptors (Lipinski definition) is 2. The van der Waals surface area contributed by atoms with Crippen LogP contribution in [0.3, 0.4) is 0 Å². The topological polar surface area (TPSA) is 21.3 Å². The molecule has 0 saturated carbocycles. The molecule has 0 amide bonds. The number of halogens is 4. The van der Waals surface area contributed by atoms with E-state index in [1.165, 1.54) is 25.1 Å². The Bertz CT molecular complexity index is 455. The van der Waals surface area contributed by atoms with Gasteiger partial charge in [-0.05, 0) is 25.1 Å². The Kier molecular flexibility index (Phi) is 3.71. The van der Waals surface area contributed by atoms with Gasteiger partial charge in [0, 0.05) is 16.6 Å². The van der Waals surface area contributed by atoms with E-state index < -0.39 is 23.9 Å². The smallest absolute Gasteiger partial charge is 0.292 e. The molecule has 1 aliphatic heterocycles. The fourth-order valence-corrected chi connectivity index (χ4v) is 2.38. The summed E-state index contributed by atoms with van der Waals surface area (Å²) in [5, 5.41) is 2.70. The Morgan fingerprint density at radius 2 is 2.11 bits per heavy atom. The minimum absolute atomic E-state index is 0.0626. The summed E-state index contributed by atoms with van der Waals surface area (Å²) in [5.74, 6) is -3.85. The van der Waals surface area contributed by atoms with Crippen LogP contribution < -0.4 is 5.32 Å². The van der Waals surface area contributed by atoms with E-state index >= 15 is 0 Å². The van der Waals surface area contributed by atoms with Gasteiger partial charge in [-0.25, -0.2) is 13.2 Å². The second-order valence-corrected chi connectivity index (χ2v) is 5.35. The Labute approximate surface area is 112 Å². The molecule has 18 heavy (non-hydrogen) atoms. The molecule has 0 bridgehead atoms. The van der Waals surface area contributed by atoms with E-state index in [9.17, 15) is 13.2 Å². The fourth-order valence-electron chi connectivity index (χ4n) is 2.02. The molecule has 1 N–H and O–H groups in total. The van der Waals surface area contributed by atoms with Gasteiger partial charge in [-0.2, -0.15) is 0 Å². The maximum Gasteiger partial charge on any atom is 0.292 e. The molecule has 1 aromatic rings. The second-order valence-electron chi connectivity index (χ2n) is 4.43. The van der Waals surface area contributed by atoms with Crippen molar-refractivity contribution < 1.29 is 17.9 Å². The number of nitrogens with one attached hydrogen (secondary N) is 1. The summed E-state index contributed by atoms with van der Waals surface area (Å²) in [6.07, 6.45) is 0. The number of alkyl halides is 2. The summed E-state index contributed by atoms with van der Waals surface area (Å²) >= 11 is 3.17. The Hall–Kier alpha value is -0.590. The number of rotatable bonds is 1. The molecule has 1 atom stereocenters. The molecule has 2 nitrogen and oxygen atoms in total. The SMILES string of the molecule is CC1(c2cc(Br)ccc2F)NCCOCC1(F)F. The predicted octanol–water partition coefficient (Wildman–Crippen LogP) is 3.06. The average molecular weight is 324 g/mol. The van der Waals surface area contributed by atoms with E-state index in [1.807, 2.05) is 0 Å². The van der Waals surface area contributed by atoms with Gasteiger partial charge in [0.15, 0.2) is 0 Å². The van der Waals surface area contributed by atoms with Crippen molar-refractivity contribution in [1.29, 1.82) is 0 Å². The van der Waals surface area contributed by atoms with Crippen LogP contribution in [0.4, 0.5) is 13.2 Å². The average Bonchev–Trinajstić information content (AvgIpc) is 2.43. The fraction of sp³-hybridized carbons (Fsp3) is 0.500. The lowest BCUT2D eigenvalue weighted by atomic mass is 9.85. The van der Waals surface area contributed by atoms with Gasteiger partial charge in [0.05, 0.1) is 6.61 Å². The van der Waals surface area contributed by atoms with E-state index in [2.05, 4.69) is 21.2 Å². The van der Waals surface area contributed by atoms with Gasteiger partial charge in [-0.1, -0.05) is 15.9 Å². The molecule has 0 aromatic heterocycles. The lowest BCUT2D eigenvalue weighted by Crippen LogP contribution is -2.54. The highest BCUT2D eigenvalue weighted by atomic mass is 79.9. The third-order valence-corrected chi connectivity index (χ3v) is 3.70. The Morgan fingerprint density at radius 1 is 1.39 bits per heavy atom. The molecule has 0 radical (unpaired) electrons. The third-order valence-electron chi connectivity index (χ3n) is 3.21. The number of ether oxygens (including phenoxy) is 1. The highest BCUT2D eigenvalue weighted by Crippen LogP contribution is 2.40. The van der Waals surface area contributed by atoms with E-state index in [0.717, 1.165) is 0 Å². The van der Waals surface area contributed by atoms with Crippen LogP contribution in [-0.2, 0) is 10.3 Å². The first-order valence-corrected chi connectivity index (χ1v) is 6.32. The summed E-state index contributed by atoms with van der Waals surface area (Å²) in [7, 11) is 0. The van der Waals surface area contributed by atoms with Crippen molar-refractivity contribution in [2.75, 3.05) is 19.8 Å². The van der Waals surface area contributed by atoms with Crippen molar-refractivity contribution in [3.05, 3.63) is 34.1 Å². The maximum absolute atomic E-state index is 14.1. The van der Waals surface area contributed by atoms with Crippen LogP contribution in [0.2, 0.25) is 0 Å². The molecule has 1 heterocycles. The van der Waals surface area contributed by atoms with Crippen LogP contribution in [0.25, 0.3) is 0 Å². The van der Waals surface area contributed by atoms with Crippen LogP contribution in [0.15, 0.2) is 22.7 Å². The van der Waals surface area contributed by atoms with Gasteiger partial charge < -0.3 is 10.1 Å². The van der Waals surface area contributed by atoms with Gasteiger partial charge in [-0.3, -0.25) is 0 Å². The van der Waals surface area contributed by atoms with Crippen LogP contribution in [-0.4, -0.2) is 25.7 Å². The lowest BCUT2D eigenvalue weighted by molar-refractivity contribution is -0.120. The van der Waals surface area contributed by atoms with Crippen molar-refractivity contribution in [2.24, 2.45) is 0 Å². The van der Waals surface area contributed by atoms with Gasteiger partial charge in [0.25, 0.3) is 5.92 Å². The number of benzene rings is 1. The maximum atomic E-state index is 14.1. The van der Waals surface area contributed by atoms with Crippen molar-refractivity contribution in [3.63, 3.8) is 0 Å². The highest BCUT2D eigenvalue weighted by Gasteiger charge is 2.53. The minimum atomic E-state index is -3.19. The van der Waals surface area contributed by atoms with Crippen molar-refractivity contribution in [1.82, 2.24) is 5.32 Å². The molecule has 100 valence electrons. The second kappa shape index (κ2) is 4.83. The van der Waals surface area contributed by atoms with Crippen molar-refractivity contribution in [2.45, 2.75) is 18.4 Å². The zero-order valence-corrected chi connectivity index (χ0v) is 11.4. The van der Waals surface area contributed by atoms with Crippen LogP contribution in [0, 0.1) is 5.82 Å². The molecule has 6 heteroatoms. The largest absolute Gasteiger partial charge is 0.374 e. The molecule has 1 unspecified atom stereocenters. The molecular weight excluding hydrogens is 311 g/mol. The molecule has 1 aromatic carbocycles. The minimum Gasteiger partial charge on any atom is -0.374 e. The molecule has 1 fully saturated rings. The van der Waals surface area contributed by atoms with E-state index in [4.69, 9.17) is 4.74 Å². The third kappa shape index (κ3) is 2.29. The monoisotopic (exact) mass is 323 g/mol. The quantitative estimate of drug-likeness (QED) is 0.857. The van der Waals surface area contributed by atoms with Gasteiger partial charge in [0.2, 0.25) is 0 Å². The van der Waals surface area contributed by atoms with Gasteiger partial charge in [-0.15, -0.1) is 0 Å². The first-order valence-electron chi connectivity index (χ1n) is 5.53. The first-order chi connectivity index (χ1) is 8.37. The van der Waals surface area contributed by atoms with Gasteiger partial charge >= 0.3 is 0 Å². The Balaban J connectivity index is 2.53. The van der Waals surface area contributed by atoms with E-state index in [0.29, 0.717) is 4.47 Å². The molecular formula is C12H13BrF3NO. The molecule has 0 aliphatic carbocycles. The van der Waals surface area contributed by atoms with E-state index in [-0.39, 0.29) is 18.7 Å². The molecule has 2 rings (SSSR count). The zero-order chi connectivity index (χ0) is 13.4. The normalized spacial score (nSPS) is 27.8. The van der Waals surface area contributed by atoms with Crippen molar-refractivity contribution >= 4 is 15.9 Å². The van der Waals surface area contributed by atoms with Gasteiger partial charge in [0.1, 0.15) is 18.0 Å². The molecule has 1 aliphatic rings. The highest BCUT2D eigenvalue weighted by molar-refractivity contribution is 9.10. The van der Waals surface area contributed by atoms with Crippen LogP contribution >= 0.6 is 15.9 Å². The van der Waals surface area contributed by atoms with Crippen LogP contribution in [0.1, 0.15) is 12.5 Å². The molecule has 1 saturated heterocycles. The van der Waals surface area contributed by atoms with Crippen molar-refractivity contribution in [3.8, 4) is 0 Å². The Morgan fingerprint density at radius 3 is 2.83 bits per heavy atom. The summed E-state index contributed by atoms with van der Waals surface area (Å²) in [6, 6.07) is 4.03. The summed E-state index contributed by atoms with van der Waals surface area (Å²) in [4.78, 5) is 0. The zero-order valence-electron chi connectivity index (χ0n) is 9.77. The van der Waals surface area contributed by atoms with Crippen LogP contribution in [0.5, 0.6) is 0 Å². The summed E-state index contributed by atoms with van der Waals surface area (Å²) in [6.45, 7) is 1.01. The molecule has 0 spiro atoms. The van der Waals surface area contributed by atoms with E-state index in [1.54, 1.807) is 0 Å². The summed E-state index contributed by atoms with van der Waals surface area (Å²) in [5.41, 5.74) is -1.84.